The molecule has 0 bridgehead atoms. The Morgan fingerprint density at radius 3 is 2.54 bits per heavy atom. The summed E-state index contributed by atoms with van der Waals surface area (Å²) in [5.41, 5.74) is -1.34. The molecule has 0 saturated carbocycles. The van der Waals surface area contributed by atoms with Gasteiger partial charge >= 0.3 is 6.18 Å². The number of benzene rings is 3. The minimum absolute atomic E-state index is 0.0302. The molecule has 3 N–H and O–H groups in total. The van der Waals surface area contributed by atoms with Crippen molar-refractivity contribution in [3.05, 3.63) is 99.3 Å². The number of fused-ring (bicyclic) bond motifs is 1. The molecule has 2 amide bonds. The van der Waals surface area contributed by atoms with E-state index in [1.54, 1.807) is 7.05 Å². The van der Waals surface area contributed by atoms with Crippen LogP contribution in [-0.2, 0) is 13.2 Å². The third-order valence-electron chi connectivity index (χ3n) is 5.85. The van der Waals surface area contributed by atoms with Gasteiger partial charge in [-0.3, -0.25) is 14.3 Å². The lowest BCUT2D eigenvalue weighted by Gasteiger charge is -2.19. The lowest BCUT2D eigenvalue weighted by atomic mass is 9.95. The van der Waals surface area contributed by atoms with Crippen molar-refractivity contribution < 1.29 is 31.5 Å². The second kappa shape index (κ2) is 9.66. The highest BCUT2D eigenvalue weighted by molar-refractivity contribution is 6.31. The number of carbonyl (C=O) groups excluding carboxylic acids is 2. The molecule has 4 aromatic rings. The van der Waals surface area contributed by atoms with E-state index in [9.17, 15) is 31.5 Å². The largest absolute Gasteiger partial charge is 0.416 e. The number of alkyl halides is 3. The molecule has 0 fully saturated rings. The van der Waals surface area contributed by atoms with Gasteiger partial charge in [0.25, 0.3) is 11.8 Å². The molecule has 0 aliphatic carbocycles. The summed E-state index contributed by atoms with van der Waals surface area (Å²) >= 11 is 6.28. The Hall–Kier alpha value is -4.52. The number of anilines is 3. The molecule has 8 nitrogen and oxygen atoms in total. The number of aryl methyl sites for hydroxylation is 1. The molecule has 2 heterocycles. The highest BCUT2D eigenvalue weighted by Crippen LogP contribution is 2.41. The zero-order valence-corrected chi connectivity index (χ0v) is 20.5. The molecule has 3 aromatic carbocycles. The third kappa shape index (κ3) is 5.25. The summed E-state index contributed by atoms with van der Waals surface area (Å²) in [6.07, 6.45) is -3.48. The first-order valence-corrected chi connectivity index (χ1v) is 11.5. The van der Waals surface area contributed by atoms with Crippen molar-refractivity contribution in [2.24, 2.45) is 7.05 Å². The van der Waals surface area contributed by atoms with Crippen LogP contribution < -0.4 is 16.0 Å². The van der Waals surface area contributed by atoms with Gasteiger partial charge < -0.3 is 16.0 Å². The third-order valence-corrected chi connectivity index (χ3v) is 6.19. The van der Waals surface area contributed by atoms with E-state index in [1.165, 1.54) is 29.2 Å². The molecule has 1 aliphatic rings. The first-order chi connectivity index (χ1) is 18.4. The molecule has 14 heteroatoms. The van der Waals surface area contributed by atoms with Gasteiger partial charge in [-0.25, -0.2) is 13.8 Å². The summed E-state index contributed by atoms with van der Waals surface area (Å²) < 4.78 is 69.2. The number of nitrogens with one attached hydrogen (secondary N) is 3. The van der Waals surface area contributed by atoms with Crippen LogP contribution in [0.1, 0.15) is 43.4 Å². The van der Waals surface area contributed by atoms with Crippen LogP contribution in [0.2, 0.25) is 5.02 Å². The zero-order chi connectivity index (χ0) is 28.1. The second-order valence-electron chi connectivity index (χ2n) is 8.60. The zero-order valence-electron chi connectivity index (χ0n) is 19.7. The number of carbonyl (C=O) groups is 2. The van der Waals surface area contributed by atoms with Crippen LogP contribution in [0.25, 0.3) is 0 Å². The molecule has 200 valence electrons. The number of amides is 2. The van der Waals surface area contributed by atoms with Crippen molar-refractivity contribution in [1.82, 2.24) is 20.1 Å². The Kier molecular flexibility index (Phi) is 6.46. The van der Waals surface area contributed by atoms with E-state index in [4.69, 9.17) is 11.6 Å². The lowest BCUT2D eigenvalue weighted by Crippen LogP contribution is -2.21. The van der Waals surface area contributed by atoms with Crippen LogP contribution in [0.5, 0.6) is 0 Å². The normalized spacial score (nSPS) is 14.6. The van der Waals surface area contributed by atoms with Gasteiger partial charge in [0.2, 0.25) is 5.95 Å². The fraction of sp³-hybridized carbons (Fsp3) is 0.120. The Morgan fingerprint density at radius 2 is 1.85 bits per heavy atom. The molecule has 39 heavy (non-hydrogen) atoms. The predicted octanol–water partition coefficient (Wildman–Crippen LogP) is 5.59. The predicted molar refractivity (Wildman–Crippen MR) is 131 cm³/mol. The molecule has 0 spiro atoms. The summed E-state index contributed by atoms with van der Waals surface area (Å²) in [6.45, 7) is 0. The van der Waals surface area contributed by atoms with Gasteiger partial charge in [-0.2, -0.15) is 13.2 Å². The maximum Gasteiger partial charge on any atom is 0.416 e. The summed E-state index contributed by atoms with van der Waals surface area (Å²) in [6, 6.07) is 6.75. The van der Waals surface area contributed by atoms with Crippen molar-refractivity contribution in [3.63, 3.8) is 0 Å². The Labute approximate surface area is 221 Å². The number of aromatic nitrogens is 3. The van der Waals surface area contributed by atoms with Crippen LogP contribution in [0.15, 0.2) is 54.9 Å². The fourth-order valence-electron chi connectivity index (χ4n) is 4.18. The number of halogens is 6. The molecule has 0 saturated heterocycles. The minimum Gasteiger partial charge on any atom is -0.341 e. The first-order valence-electron chi connectivity index (χ1n) is 11.1. The summed E-state index contributed by atoms with van der Waals surface area (Å²) in [5, 5.41) is 12.2. The maximum atomic E-state index is 14.1. The monoisotopic (exact) mass is 562 g/mol. The van der Waals surface area contributed by atoms with Crippen molar-refractivity contribution in [3.8, 4) is 0 Å². The van der Waals surface area contributed by atoms with Gasteiger partial charge in [0, 0.05) is 45.7 Å². The van der Waals surface area contributed by atoms with Crippen molar-refractivity contribution >= 4 is 40.7 Å². The van der Waals surface area contributed by atoms with E-state index in [2.05, 4.69) is 26.0 Å². The fourth-order valence-corrected chi connectivity index (χ4v) is 4.41. The Balaban J connectivity index is 1.62. The maximum absolute atomic E-state index is 14.1. The number of hydrogen-bond acceptors (Lipinski definition) is 5. The van der Waals surface area contributed by atoms with Crippen molar-refractivity contribution in [2.75, 3.05) is 10.6 Å². The van der Waals surface area contributed by atoms with Crippen LogP contribution >= 0.6 is 11.6 Å². The molecular weight excluding hydrogens is 547 g/mol. The average molecular weight is 563 g/mol. The Morgan fingerprint density at radius 1 is 1.08 bits per heavy atom. The van der Waals surface area contributed by atoms with Gasteiger partial charge in [0.05, 0.1) is 11.6 Å². The van der Waals surface area contributed by atoms with E-state index in [1.807, 2.05) is 0 Å². The average Bonchev–Trinajstić information content (AvgIpc) is 3.42. The quantitative estimate of drug-likeness (QED) is 0.275. The SMILES string of the molecule is Cn1cnc(Nc2cc(NC(=O)c3cc(F)cc(C(F)(F)F)c3)c3c(c2)C(=O)NC3c2cc(F)ccc2Cl)n1. The summed E-state index contributed by atoms with van der Waals surface area (Å²) in [7, 11) is 1.63. The molecule has 1 aromatic heterocycles. The van der Waals surface area contributed by atoms with E-state index in [0.29, 0.717) is 12.1 Å². The first kappa shape index (κ1) is 26.1. The van der Waals surface area contributed by atoms with Gasteiger partial charge in [-0.1, -0.05) is 11.6 Å². The highest BCUT2D eigenvalue weighted by Gasteiger charge is 2.36. The topological polar surface area (TPSA) is 101 Å². The molecule has 0 radical (unpaired) electrons. The van der Waals surface area contributed by atoms with Gasteiger partial charge in [0.1, 0.15) is 18.0 Å². The van der Waals surface area contributed by atoms with E-state index in [-0.39, 0.29) is 45.1 Å². The van der Waals surface area contributed by atoms with Crippen LogP contribution in [0.4, 0.5) is 39.3 Å². The van der Waals surface area contributed by atoms with E-state index >= 15 is 0 Å². The molecular formula is C25H16ClF5N6O2. The smallest absolute Gasteiger partial charge is 0.341 e. The lowest BCUT2D eigenvalue weighted by molar-refractivity contribution is -0.137. The standard InChI is InChI=1S/C25H16ClF5N6O2/c1-37-10-32-24(36-37)33-15-8-17-20(21(35-23(17)39)16-7-13(27)2-3-18(16)26)19(9-15)34-22(38)11-4-12(25(29,30)31)6-14(28)5-11/h2-10,21H,1H3,(H,33,36)(H,34,38)(H,35,39). The molecule has 1 unspecified atom stereocenters. The summed E-state index contributed by atoms with van der Waals surface area (Å²) in [5.74, 6) is -3.43. The van der Waals surface area contributed by atoms with Crippen LogP contribution in [0.3, 0.4) is 0 Å². The van der Waals surface area contributed by atoms with Crippen LogP contribution in [-0.4, -0.2) is 26.6 Å². The van der Waals surface area contributed by atoms with Crippen molar-refractivity contribution in [2.45, 2.75) is 12.2 Å². The Bertz CT molecular complexity index is 1640. The second-order valence-corrected chi connectivity index (χ2v) is 9.01. The number of rotatable bonds is 5. The van der Waals surface area contributed by atoms with E-state index < -0.39 is 46.8 Å². The molecule has 5 rings (SSSR count). The molecule has 1 atom stereocenters. The van der Waals surface area contributed by atoms with Crippen LogP contribution in [0, 0.1) is 11.6 Å². The minimum atomic E-state index is -4.90. The van der Waals surface area contributed by atoms with E-state index in [0.717, 1.165) is 12.1 Å². The molecule has 1 aliphatic heterocycles. The highest BCUT2D eigenvalue weighted by atomic mass is 35.5. The van der Waals surface area contributed by atoms with Gasteiger partial charge in [-0.15, -0.1) is 5.10 Å². The number of hydrogen-bond donors (Lipinski definition) is 3. The summed E-state index contributed by atoms with van der Waals surface area (Å²) in [4.78, 5) is 30.1. The number of nitrogens with zero attached hydrogens (tertiary/aromatic N) is 3. The van der Waals surface area contributed by atoms with Crippen molar-refractivity contribution in [1.29, 1.82) is 0 Å². The van der Waals surface area contributed by atoms with Gasteiger partial charge in [-0.05, 0) is 48.5 Å². The van der Waals surface area contributed by atoms with Gasteiger partial charge in [0.15, 0.2) is 0 Å².